The maximum atomic E-state index is 12.2. The van der Waals surface area contributed by atoms with Crippen molar-refractivity contribution in [3.8, 4) is 5.69 Å². The van der Waals surface area contributed by atoms with Crippen LogP contribution in [-0.4, -0.2) is 25.1 Å². The van der Waals surface area contributed by atoms with Crippen LogP contribution in [0.15, 0.2) is 67.1 Å². The molecule has 0 fully saturated rings. The van der Waals surface area contributed by atoms with Crippen LogP contribution in [-0.2, 0) is 11.3 Å². The molecule has 0 saturated heterocycles. The summed E-state index contributed by atoms with van der Waals surface area (Å²) in [7, 11) is 0. The van der Waals surface area contributed by atoms with E-state index in [1.165, 1.54) is 0 Å². The Morgan fingerprint density at radius 3 is 2.68 bits per heavy atom. The van der Waals surface area contributed by atoms with Crippen molar-refractivity contribution in [1.29, 1.82) is 0 Å². The summed E-state index contributed by atoms with van der Waals surface area (Å²) in [4.78, 5) is 16.6. The van der Waals surface area contributed by atoms with E-state index in [9.17, 15) is 4.79 Å². The third-order valence-electron chi connectivity index (χ3n) is 3.98. The van der Waals surface area contributed by atoms with Crippen molar-refractivity contribution in [1.82, 2.24) is 19.2 Å². The molecule has 0 aliphatic heterocycles. The zero-order chi connectivity index (χ0) is 17.2. The summed E-state index contributed by atoms with van der Waals surface area (Å²) in [6.07, 6.45) is 5.31. The molecule has 4 rings (SSSR count). The highest BCUT2D eigenvalue weighted by atomic mass is 16.5. The molecule has 6 heteroatoms. The van der Waals surface area contributed by atoms with Crippen molar-refractivity contribution < 1.29 is 9.53 Å². The molecule has 0 aliphatic carbocycles. The normalized spacial score (nSPS) is 10.9. The SMILES string of the molecule is Cc1cccc2nc(C(=O)OCc3ccc(-n4cccn4)cc3)cn12. The molecule has 0 bridgehead atoms. The number of aromatic nitrogens is 4. The standard InChI is InChI=1S/C19H16N4O2/c1-14-4-2-5-18-21-17(12-22(14)18)19(24)25-13-15-6-8-16(9-7-15)23-11-3-10-20-23/h2-12H,13H2,1H3. The lowest BCUT2D eigenvalue weighted by Gasteiger charge is -2.05. The average molecular weight is 332 g/mol. The number of esters is 1. The van der Waals surface area contributed by atoms with Gasteiger partial charge >= 0.3 is 5.97 Å². The van der Waals surface area contributed by atoms with E-state index in [4.69, 9.17) is 4.74 Å². The molecule has 0 radical (unpaired) electrons. The van der Waals surface area contributed by atoms with Crippen molar-refractivity contribution in [3.05, 3.63) is 84.1 Å². The van der Waals surface area contributed by atoms with Crippen molar-refractivity contribution in [3.63, 3.8) is 0 Å². The lowest BCUT2D eigenvalue weighted by atomic mass is 10.2. The zero-order valence-corrected chi connectivity index (χ0v) is 13.7. The summed E-state index contributed by atoms with van der Waals surface area (Å²) in [5.41, 5.74) is 3.91. The Labute approximate surface area is 144 Å². The van der Waals surface area contributed by atoms with Crippen molar-refractivity contribution in [2.45, 2.75) is 13.5 Å². The number of carbonyl (C=O) groups excluding carboxylic acids is 1. The van der Waals surface area contributed by atoms with Gasteiger partial charge in [-0.1, -0.05) is 18.2 Å². The molecule has 0 atom stereocenters. The van der Waals surface area contributed by atoms with Gasteiger partial charge in [-0.15, -0.1) is 0 Å². The molecule has 0 N–H and O–H groups in total. The number of benzene rings is 1. The van der Waals surface area contributed by atoms with Gasteiger partial charge in [-0.25, -0.2) is 14.5 Å². The Balaban J connectivity index is 1.45. The minimum Gasteiger partial charge on any atom is -0.456 e. The molecule has 1 aromatic carbocycles. The molecule has 0 aliphatic rings. The van der Waals surface area contributed by atoms with Gasteiger partial charge in [0.1, 0.15) is 12.3 Å². The monoisotopic (exact) mass is 332 g/mol. The van der Waals surface area contributed by atoms with E-state index in [0.717, 1.165) is 22.6 Å². The number of hydrogen-bond acceptors (Lipinski definition) is 4. The van der Waals surface area contributed by atoms with Crippen molar-refractivity contribution >= 4 is 11.6 Å². The van der Waals surface area contributed by atoms with Crippen LogP contribution in [0.1, 0.15) is 21.7 Å². The molecule has 6 nitrogen and oxygen atoms in total. The number of aryl methyl sites for hydroxylation is 1. The number of fused-ring (bicyclic) bond motifs is 1. The smallest absolute Gasteiger partial charge is 0.358 e. The Bertz CT molecular complexity index is 1020. The highest BCUT2D eigenvalue weighted by molar-refractivity contribution is 5.88. The molecule has 0 amide bonds. The van der Waals surface area contributed by atoms with E-state index in [-0.39, 0.29) is 6.61 Å². The summed E-state index contributed by atoms with van der Waals surface area (Å²) < 4.78 is 9.02. The molecule has 4 aromatic rings. The quantitative estimate of drug-likeness (QED) is 0.539. The Morgan fingerprint density at radius 2 is 1.96 bits per heavy atom. The first kappa shape index (κ1) is 15.1. The number of imidazole rings is 1. The average Bonchev–Trinajstić information content (AvgIpc) is 3.30. The summed E-state index contributed by atoms with van der Waals surface area (Å²) >= 11 is 0. The molecule has 3 heterocycles. The van der Waals surface area contributed by atoms with Crippen LogP contribution >= 0.6 is 0 Å². The number of rotatable bonds is 4. The molecule has 3 aromatic heterocycles. The zero-order valence-electron chi connectivity index (χ0n) is 13.7. The predicted octanol–water partition coefficient (Wildman–Crippen LogP) is 3.19. The van der Waals surface area contributed by atoms with Crippen molar-refractivity contribution in [2.24, 2.45) is 0 Å². The highest BCUT2D eigenvalue weighted by Crippen LogP contribution is 2.12. The van der Waals surface area contributed by atoms with E-state index in [1.54, 1.807) is 17.1 Å². The van der Waals surface area contributed by atoms with E-state index in [2.05, 4.69) is 10.1 Å². The number of nitrogens with zero attached hydrogens (tertiary/aromatic N) is 4. The molecule has 0 unspecified atom stereocenters. The van der Waals surface area contributed by atoms with Crippen LogP contribution in [0.25, 0.3) is 11.3 Å². The first-order chi connectivity index (χ1) is 12.2. The second-order valence-electron chi connectivity index (χ2n) is 5.71. The van der Waals surface area contributed by atoms with Crippen LogP contribution in [0.3, 0.4) is 0 Å². The molecular formula is C19H16N4O2. The number of carbonyl (C=O) groups is 1. The summed E-state index contributed by atoms with van der Waals surface area (Å²) in [6.45, 7) is 2.16. The number of pyridine rings is 1. The van der Waals surface area contributed by atoms with Gasteiger partial charge in [0.25, 0.3) is 0 Å². The van der Waals surface area contributed by atoms with Crippen molar-refractivity contribution in [2.75, 3.05) is 0 Å². The van der Waals surface area contributed by atoms with Crippen LogP contribution in [0, 0.1) is 6.92 Å². The fourth-order valence-corrected chi connectivity index (χ4v) is 2.64. The second kappa shape index (κ2) is 6.24. The molecule has 25 heavy (non-hydrogen) atoms. The predicted molar refractivity (Wildman–Crippen MR) is 92.6 cm³/mol. The fourth-order valence-electron chi connectivity index (χ4n) is 2.64. The maximum absolute atomic E-state index is 12.2. The van der Waals surface area contributed by atoms with Gasteiger partial charge in [0, 0.05) is 24.3 Å². The molecule has 0 spiro atoms. The van der Waals surface area contributed by atoms with Gasteiger partial charge in [0.05, 0.1) is 5.69 Å². The van der Waals surface area contributed by atoms with E-state index in [0.29, 0.717) is 5.69 Å². The van der Waals surface area contributed by atoms with Gasteiger partial charge in [-0.3, -0.25) is 0 Å². The largest absolute Gasteiger partial charge is 0.456 e. The van der Waals surface area contributed by atoms with Gasteiger partial charge in [-0.2, -0.15) is 5.10 Å². The summed E-state index contributed by atoms with van der Waals surface area (Å²) in [5, 5.41) is 4.18. The van der Waals surface area contributed by atoms with Gasteiger partial charge in [0.2, 0.25) is 0 Å². The van der Waals surface area contributed by atoms with E-state index >= 15 is 0 Å². The minimum atomic E-state index is -0.431. The lowest BCUT2D eigenvalue weighted by molar-refractivity contribution is 0.0466. The molecular weight excluding hydrogens is 316 g/mol. The Morgan fingerprint density at radius 1 is 1.12 bits per heavy atom. The van der Waals surface area contributed by atoms with Crippen LogP contribution in [0.5, 0.6) is 0 Å². The number of hydrogen-bond donors (Lipinski definition) is 0. The number of ether oxygens (including phenoxy) is 1. The van der Waals surface area contributed by atoms with E-state index < -0.39 is 5.97 Å². The van der Waals surface area contributed by atoms with Gasteiger partial charge in [0.15, 0.2) is 5.69 Å². The Hall–Kier alpha value is -3.41. The topological polar surface area (TPSA) is 61.4 Å². The van der Waals surface area contributed by atoms with Crippen LogP contribution in [0.2, 0.25) is 0 Å². The second-order valence-corrected chi connectivity index (χ2v) is 5.71. The Kier molecular flexibility index (Phi) is 3.78. The third-order valence-corrected chi connectivity index (χ3v) is 3.98. The molecule has 0 saturated carbocycles. The highest BCUT2D eigenvalue weighted by Gasteiger charge is 2.13. The first-order valence-electron chi connectivity index (χ1n) is 7.91. The van der Waals surface area contributed by atoms with Crippen LogP contribution < -0.4 is 0 Å². The third kappa shape index (κ3) is 3.01. The molecule has 124 valence electrons. The summed E-state index contributed by atoms with van der Waals surface area (Å²) in [6, 6.07) is 15.3. The lowest BCUT2D eigenvalue weighted by Crippen LogP contribution is -2.05. The fraction of sp³-hybridized carbons (Fsp3) is 0.105. The minimum absolute atomic E-state index is 0.199. The maximum Gasteiger partial charge on any atom is 0.358 e. The van der Waals surface area contributed by atoms with Gasteiger partial charge < -0.3 is 9.14 Å². The van der Waals surface area contributed by atoms with E-state index in [1.807, 2.05) is 66.1 Å². The summed E-state index contributed by atoms with van der Waals surface area (Å²) in [5.74, 6) is -0.431. The van der Waals surface area contributed by atoms with Gasteiger partial charge in [-0.05, 0) is 42.8 Å². The first-order valence-corrected chi connectivity index (χ1v) is 7.91. The van der Waals surface area contributed by atoms with Crippen LogP contribution in [0.4, 0.5) is 0 Å².